The van der Waals surface area contributed by atoms with E-state index >= 15 is 0 Å². The highest BCUT2D eigenvalue weighted by Crippen LogP contribution is 2.39. The largest absolute Gasteiger partial charge is 0.507 e. The van der Waals surface area contributed by atoms with Gasteiger partial charge in [-0.1, -0.05) is 12.1 Å². The van der Waals surface area contributed by atoms with Crippen LogP contribution in [-0.4, -0.2) is 58.4 Å². The number of phenolic OH excluding ortho intramolecular Hbond substituents is 1. The summed E-state index contributed by atoms with van der Waals surface area (Å²) in [5.41, 5.74) is 1.12. The summed E-state index contributed by atoms with van der Waals surface area (Å²) < 4.78 is 12.1. The highest BCUT2D eigenvalue weighted by Gasteiger charge is 2.38. The molecular weight excluding hydrogens is 424 g/mol. The maximum atomic E-state index is 13.5. The average Bonchev–Trinajstić information content (AvgIpc) is 2.78. The maximum absolute atomic E-state index is 13.5. The number of aliphatic hydroxyl groups excluding tert-OH is 1. The third-order valence-electron chi connectivity index (χ3n) is 6.39. The van der Waals surface area contributed by atoms with Gasteiger partial charge in [0.15, 0.2) is 5.78 Å². The van der Waals surface area contributed by atoms with Crippen LogP contribution < -0.4 is 10.1 Å². The van der Waals surface area contributed by atoms with Crippen LogP contribution in [0.4, 0.5) is 0 Å². The zero-order valence-electron chi connectivity index (χ0n) is 18.5. The van der Waals surface area contributed by atoms with Crippen molar-refractivity contribution >= 4 is 22.3 Å². The molecule has 1 saturated heterocycles. The molecule has 1 fully saturated rings. The molecule has 1 aliphatic heterocycles. The van der Waals surface area contributed by atoms with Crippen LogP contribution in [0.1, 0.15) is 50.9 Å². The van der Waals surface area contributed by atoms with E-state index in [0.717, 1.165) is 5.56 Å². The number of fused-ring (bicyclic) bond motifs is 4. The Hall–Kier alpha value is -3.33. The highest BCUT2D eigenvalue weighted by atomic mass is 16.7. The summed E-state index contributed by atoms with van der Waals surface area (Å²) in [6.45, 7) is 3.67. The Balaban J connectivity index is 1.66. The van der Waals surface area contributed by atoms with Crippen LogP contribution in [0.15, 0.2) is 36.5 Å². The molecule has 33 heavy (non-hydrogen) atoms. The van der Waals surface area contributed by atoms with Gasteiger partial charge in [-0.05, 0) is 44.7 Å². The third kappa shape index (κ3) is 3.38. The second kappa shape index (κ2) is 7.91. The molecule has 2 heterocycles. The van der Waals surface area contributed by atoms with E-state index in [1.54, 1.807) is 20.0 Å². The fourth-order valence-electron chi connectivity index (χ4n) is 4.73. The van der Waals surface area contributed by atoms with Crippen LogP contribution in [0.25, 0.3) is 10.8 Å². The van der Waals surface area contributed by atoms with Crippen LogP contribution >= 0.6 is 0 Å². The minimum Gasteiger partial charge on any atom is -0.507 e. The summed E-state index contributed by atoms with van der Waals surface area (Å²) in [5, 5.41) is 24.8. The summed E-state index contributed by atoms with van der Waals surface area (Å²) in [6, 6.07) is 7.88. The smallest absolute Gasteiger partial charge is 0.216 e. The Kier molecular flexibility index (Phi) is 5.16. The fraction of sp³-hybridized carbons (Fsp3) is 0.320. The summed E-state index contributed by atoms with van der Waals surface area (Å²) in [7, 11) is 1.77. The van der Waals surface area contributed by atoms with Gasteiger partial charge in [-0.3, -0.25) is 14.6 Å². The number of aromatic hydroxyl groups is 1. The van der Waals surface area contributed by atoms with Gasteiger partial charge in [0.05, 0.1) is 23.3 Å². The molecule has 2 aromatic carbocycles. The lowest BCUT2D eigenvalue weighted by atomic mass is 9.84. The topological polar surface area (TPSA) is 118 Å². The summed E-state index contributed by atoms with van der Waals surface area (Å²) in [5.74, 6) is -0.757. The fourth-order valence-corrected chi connectivity index (χ4v) is 4.73. The number of carbonyl (C=O) groups is 2. The van der Waals surface area contributed by atoms with Crippen molar-refractivity contribution in [2.75, 3.05) is 7.05 Å². The van der Waals surface area contributed by atoms with Crippen molar-refractivity contribution in [3.63, 3.8) is 0 Å². The highest BCUT2D eigenvalue weighted by molar-refractivity contribution is 6.32. The van der Waals surface area contributed by atoms with Crippen molar-refractivity contribution in [3.05, 3.63) is 64.5 Å². The van der Waals surface area contributed by atoms with Crippen molar-refractivity contribution in [1.29, 1.82) is 0 Å². The van der Waals surface area contributed by atoms with Crippen molar-refractivity contribution in [3.8, 4) is 11.5 Å². The minimum absolute atomic E-state index is 0.0170. The third-order valence-corrected chi connectivity index (χ3v) is 6.39. The standard InChI is InChI=1S/C25H24N2O6/c1-11-7-13-10-27-22-21(24(30)14-5-4-6-16(28)20(14)25(22)31)19(13)17(8-11)33-18-9-15(26-3)23(29)12(2)32-18/h4-8,10,12,15,18,23,26,28-29H,9H2,1-3H3/t12-,15-,18-,23-/m1/s1. The molecule has 0 bridgehead atoms. The SMILES string of the molecule is CN[C@@H]1C[C@@H](Oc2cc(C)cc3cnc4c(c23)C(=O)c2cccc(O)c2C4=O)O[C@H](C)[C@H]1O. The lowest BCUT2D eigenvalue weighted by Crippen LogP contribution is -2.53. The van der Waals surface area contributed by atoms with E-state index in [2.05, 4.69) is 10.3 Å². The van der Waals surface area contributed by atoms with E-state index in [-0.39, 0.29) is 34.2 Å². The number of aliphatic hydroxyl groups is 1. The minimum atomic E-state index is -0.676. The zero-order valence-corrected chi connectivity index (χ0v) is 18.5. The Morgan fingerprint density at radius 2 is 1.97 bits per heavy atom. The van der Waals surface area contributed by atoms with Crippen molar-refractivity contribution in [1.82, 2.24) is 10.3 Å². The van der Waals surface area contributed by atoms with Gasteiger partial charge in [0.2, 0.25) is 12.1 Å². The van der Waals surface area contributed by atoms with Gasteiger partial charge < -0.3 is 25.0 Å². The maximum Gasteiger partial charge on any atom is 0.216 e. The van der Waals surface area contributed by atoms with E-state index in [4.69, 9.17) is 9.47 Å². The first-order chi connectivity index (χ1) is 15.8. The van der Waals surface area contributed by atoms with Gasteiger partial charge in [-0.15, -0.1) is 0 Å². The zero-order chi connectivity index (χ0) is 23.4. The summed E-state index contributed by atoms with van der Waals surface area (Å²) >= 11 is 0. The van der Waals surface area contributed by atoms with Crippen molar-refractivity contribution in [2.45, 2.75) is 44.8 Å². The quantitative estimate of drug-likeness (QED) is 0.438. The number of ether oxygens (including phenoxy) is 2. The first-order valence-electron chi connectivity index (χ1n) is 10.8. The molecular formula is C25H24N2O6. The second-order valence-electron chi connectivity index (χ2n) is 8.58. The molecule has 0 amide bonds. The monoisotopic (exact) mass is 448 g/mol. The van der Waals surface area contributed by atoms with Gasteiger partial charge >= 0.3 is 0 Å². The summed E-state index contributed by atoms with van der Waals surface area (Å²) in [4.78, 5) is 31.0. The lowest BCUT2D eigenvalue weighted by molar-refractivity contribution is -0.189. The molecule has 8 nitrogen and oxygen atoms in total. The number of pyridine rings is 1. The van der Waals surface area contributed by atoms with Crippen LogP contribution in [0, 0.1) is 6.92 Å². The van der Waals surface area contributed by atoms with E-state index < -0.39 is 30.1 Å². The molecule has 0 radical (unpaired) electrons. The second-order valence-corrected chi connectivity index (χ2v) is 8.58. The number of carbonyl (C=O) groups excluding carboxylic acids is 2. The number of aromatic nitrogens is 1. The van der Waals surface area contributed by atoms with Crippen molar-refractivity contribution < 1.29 is 29.3 Å². The van der Waals surface area contributed by atoms with E-state index in [1.165, 1.54) is 24.4 Å². The Morgan fingerprint density at radius 3 is 2.73 bits per heavy atom. The Bertz CT molecular complexity index is 1300. The number of aryl methyl sites for hydroxylation is 1. The van der Waals surface area contributed by atoms with E-state index in [0.29, 0.717) is 22.9 Å². The number of benzene rings is 2. The molecule has 1 aromatic heterocycles. The van der Waals surface area contributed by atoms with Gasteiger partial charge in [-0.2, -0.15) is 0 Å². The van der Waals surface area contributed by atoms with Crippen molar-refractivity contribution in [2.24, 2.45) is 0 Å². The number of ketones is 2. The molecule has 1 aliphatic carbocycles. The molecule has 0 saturated carbocycles. The molecule has 5 rings (SSSR count). The predicted molar refractivity (Wildman–Crippen MR) is 120 cm³/mol. The number of rotatable bonds is 3. The van der Waals surface area contributed by atoms with E-state index in [9.17, 15) is 19.8 Å². The van der Waals surface area contributed by atoms with Gasteiger partial charge in [0.25, 0.3) is 0 Å². The van der Waals surface area contributed by atoms with Crippen LogP contribution in [0.5, 0.6) is 11.5 Å². The van der Waals surface area contributed by atoms with Gasteiger partial charge in [-0.25, -0.2) is 0 Å². The number of likely N-dealkylation sites (N-methyl/N-ethyl adjacent to an activating group) is 1. The molecule has 4 atom stereocenters. The molecule has 0 unspecified atom stereocenters. The molecule has 3 N–H and O–H groups in total. The first kappa shape index (κ1) is 21.5. The number of hydrogen-bond acceptors (Lipinski definition) is 8. The predicted octanol–water partition coefficient (Wildman–Crippen LogP) is 2.49. The van der Waals surface area contributed by atoms with Crippen LogP contribution in [-0.2, 0) is 4.74 Å². The van der Waals surface area contributed by atoms with Gasteiger partial charge in [0.1, 0.15) is 17.2 Å². The normalized spacial score (nSPS) is 24.5. The van der Waals surface area contributed by atoms with Gasteiger partial charge in [0, 0.05) is 35.0 Å². The molecule has 2 aliphatic rings. The van der Waals surface area contributed by atoms with Crippen LogP contribution in [0.3, 0.4) is 0 Å². The first-order valence-corrected chi connectivity index (χ1v) is 10.8. The lowest BCUT2D eigenvalue weighted by Gasteiger charge is -2.37. The van der Waals surface area contributed by atoms with E-state index in [1.807, 2.05) is 13.0 Å². The number of phenols is 1. The number of nitrogens with one attached hydrogen (secondary N) is 1. The van der Waals surface area contributed by atoms with Crippen LogP contribution in [0.2, 0.25) is 0 Å². The molecule has 0 spiro atoms. The molecule has 3 aromatic rings. The number of nitrogens with zero attached hydrogens (tertiary/aromatic N) is 1. The molecule has 170 valence electrons. The molecule has 8 heteroatoms. The Labute approximate surface area is 190 Å². The number of hydrogen-bond donors (Lipinski definition) is 3. The Morgan fingerprint density at radius 1 is 1.18 bits per heavy atom. The average molecular weight is 448 g/mol. The summed E-state index contributed by atoms with van der Waals surface area (Å²) in [6.07, 6.45) is 0.138.